The summed E-state index contributed by atoms with van der Waals surface area (Å²) in [6, 6.07) is 12.0. The molecule has 2 heterocycles. The third-order valence-corrected chi connectivity index (χ3v) is 6.91. The van der Waals surface area contributed by atoms with E-state index in [-0.39, 0.29) is 16.7 Å². The summed E-state index contributed by atoms with van der Waals surface area (Å²) in [6.45, 7) is 0.612. The van der Waals surface area contributed by atoms with E-state index in [4.69, 9.17) is 0 Å². The minimum atomic E-state index is -3.77. The minimum Gasteiger partial charge on any atom is -0.317 e. The Hall–Kier alpha value is -3.20. The second-order valence-electron chi connectivity index (χ2n) is 7.76. The van der Waals surface area contributed by atoms with Crippen LogP contribution in [-0.4, -0.2) is 35.6 Å². The molecule has 1 aromatic heterocycles. The van der Waals surface area contributed by atoms with Gasteiger partial charge in [-0.05, 0) is 55.2 Å². The smallest absolute Gasteiger partial charge is 0.261 e. The third-order valence-electron chi connectivity index (χ3n) is 5.53. The average Bonchev–Trinajstić information content (AvgIpc) is 3.35. The molecule has 1 fully saturated rings. The SMILES string of the molecule is Cn1cnnc1-c1cccc(NS(=O)(=O)c2ccc3c(c2)CCN3C(=O)C2CC2)c1. The highest BCUT2D eigenvalue weighted by Crippen LogP contribution is 2.37. The molecule has 0 saturated heterocycles. The first-order chi connectivity index (χ1) is 14.4. The molecule has 2 aromatic carbocycles. The van der Waals surface area contributed by atoms with E-state index in [1.165, 1.54) is 0 Å². The number of carbonyl (C=O) groups excluding carboxylic acids is 1. The Morgan fingerprint density at radius 1 is 1.17 bits per heavy atom. The van der Waals surface area contributed by atoms with Crippen molar-refractivity contribution in [1.29, 1.82) is 0 Å². The largest absolute Gasteiger partial charge is 0.317 e. The molecule has 9 heteroatoms. The molecule has 0 radical (unpaired) electrons. The molecule has 1 N–H and O–H groups in total. The number of hydrogen-bond acceptors (Lipinski definition) is 5. The van der Waals surface area contributed by atoms with E-state index >= 15 is 0 Å². The molecule has 0 unspecified atom stereocenters. The first-order valence-electron chi connectivity index (χ1n) is 9.84. The van der Waals surface area contributed by atoms with Crippen LogP contribution in [0.25, 0.3) is 11.4 Å². The van der Waals surface area contributed by atoms with Crippen molar-refractivity contribution in [1.82, 2.24) is 14.8 Å². The topological polar surface area (TPSA) is 97.2 Å². The van der Waals surface area contributed by atoms with Crippen molar-refractivity contribution in [3.8, 4) is 11.4 Å². The van der Waals surface area contributed by atoms with E-state index in [0.717, 1.165) is 29.7 Å². The Bertz CT molecular complexity index is 1250. The van der Waals surface area contributed by atoms with Gasteiger partial charge < -0.3 is 9.47 Å². The number of carbonyl (C=O) groups is 1. The number of fused-ring (bicyclic) bond motifs is 1. The van der Waals surface area contributed by atoms with Gasteiger partial charge in [-0.15, -0.1) is 10.2 Å². The molecule has 1 aliphatic heterocycles. The molecule has 0 atom stereocenters. The van der Waals surface area contributed by atoms with Crippen LogP contribution in [0, 0.1) is 5.92 Å². The number of hydrogen-bond donors (Lipinski definition) is 1. The summed E-state index contributed by atoms with van der Waals surface area (Å²) in [5.74, 6) is 0.944. The fourth-order valence-corrected chi connectivity index (χ4v) is 4.91. The van der Waals surface area contributed by atoms with E-state index in [2.05, 4.69) is 14.9 Å². The van der Waals surface area contributed by atoms with Gasteiger partial charge in [-0.3, -0.25) is 9.52 Å². The predicted molar refractivity (Wildman–Crippen MR) is 112 cm³/mol. The van der Waals surface area contributed by atoms with Crippen molar-refractivity contribution in [2.75, 3.05) is 16.2 Å². The zero-order valence-corrected chi connectivity index (χ0v) is 17.3. The van der Waals surface area contributed by atoms with Crippen molar-refractivity contribution in [3.05, 3.63) is 54.4 Å². The molecule has 1 aliphatic carbocycles. The first-order valence-corrected chi connectivity index (χ1v) is 11.3. The maximum atomic E-state index is 13.0. The lowest BCUT2D eigenvalue weighted by Gasteiger charge is -2.17. The molecule has 154 valence electrons. The number of aromatic nitrogens is 3. The molecule has 0 spiro atoms. The Morgan fingerprint density at radius 3 is 2.73 bits per heavy atom. The fourth-order valence-electron chi connectivity index (χ4n) is 3.81. The van der Waals surface area contributed by atoms with Gasteiger partial charge in [0.15, 0.2) is 5.82 Å². The molecule has 1 amide bonds. The van der Waals surface area contributed by atoms with Crippen LogP contribution in [0.15, 0.2) is 53.7 Å². The number of rotatable bonds is 5. The monoisotopic (exact) mass is 423 g/mol. The summed E-state index contributed by atoms with van der Waals surface area (Å²) >= 11 is 0. The number of nitrogens with one attached hydrogen (secondary N) is 1. The van der Waals surface area contributed by atoms with Gasteiger partial charge in [0.25, 0.3) is 10.0 Å². The molecule has 8 nitrogen and oxygen atoms in total. The molecule has 0 bridgehead atoms. The van der Waals surface area contributed by atoms with Crippen LogP contribution in [0.4, 0.5) is 11.4 Å². The van der Waals surface area contributed by atoms with Gasteiger partial charge in [-0.2, -0.15) is 0 Å². The number of benzene rings is 2. The zero-order valence-electron chi connectivity index (χ0n) is 16.4. The number of aryl methyl sites for hydroxylation is 1. The van der Waals surface area contributed by atoms with Crippen LogP contribution in [-0.2, 0) is 28.3 Å². The lowest BCUT2D eigenvalue weighted by molar-refractivity contribution is -0.119. The van der Waals surface area contributed by atoms with Gasteiger partial charge in [0.2, 0.25) is 5.91 Å². The van der Waals surface area contributed by atoms with Crippen molar-refractivity contribution in [3.63, 3.8) is 0 Å². The first kappa shape index (κ1) is 18.8. The molecule has 2 aliphatic rings. The van der Waals surface area contributed by atoms with Gasteiger partial charge in [-0.25, -0.2) is 8.42 Å². The number of nitrogens with zero attached hydrogens (tertiary/aromatic N) is 4. The summed E-state index contributed by atoms with van der Waals surface area (Å²) < 4.78 is 30.4. The van der Waals surface area contributed by atoms with Gasteiger partial charge in [0.1, 0.15) is 6.33 Å². The highest BCUT2D eigenvalue weighted by atomic mass is 32.2. The zero-order chi connectivity index (χ0) is 20.9. The third kappa shape index (κ3) is 3.35. The molecule has 3 aromatic rings. The summed E-state index contributed by atoms with van der Waals surface area (Å²) in [5, 5.41) is 7.93. The lowest BCUT2D eigenvalue weighted by Crippen LogP contribution is -2.30. The molecular weight excluding hydrogens is 402 g/mol. The highest BCUT2D eigenvalue weighted by Gasteiger charge is 2.36. The van der Waals surface area contributed by atoms with Crippen LogP contribution in [0.1, 0.15) is 18.4 Å². The molecule has 30 heavy (non-hydrogen) atoms. The van der Waals surface area contributed by atoms with Gasteiger partial charge in [-0.1, -0.05) is 12.1 Å². The summed E-state index contributed by atoms with van der Waals surface area (Å²) in [5.41, 5.74) is 2.93. The summed E-state index contributed by atoms with van der Waals surface area (Å²) in [4.78, 5) is 14.4. The number of sulfonamides is 1. The Kier molecular flexibility index (Phi) is 4.35. The van der Waals surface area contributed by atoms with Gasteiger partial charge in [0.05, 0.1) is 4.90 Å². The standard InChI is InChI=1S/C21H21N5O3S/c1-25-13-22-23-20(25)16-3-2-4-17(11-16)24-30(28,29)18-7-8-19-15(12-18)9-10-26(19)21(27)14-5-6-14/h2-4,7-8,11-14,24H,5-6,9-10H2,1H3. The Labute approximate surface area is 174 Å². The second kappa shape index (κ2) is 6.94. The molecule has 5 rings (SSSR count). The fraction of sp³-hybridized carbons (Fsp3) is 0.286. The van der Waals surface area contributed by atoms with Crippen molar-refractivity contribution < 1.29 is 13.2 Å². The van der Waals surface area contributed by atoms with Crippen LogP contribution in [0.2, 0.25) is 0 Å². The Morgan fingerprint density at radius 2 is 2.00 bits per heavy atom. The number of anilines is 2. The van der Waals surface area contributed by atoms with E-state index in [1.807, 2.05) is 13.1 Å². The minimum absolute atomic E-state index is 0.141. The maximum absolute atomic E-state index is 13.0. The average molecular weight is 423 g/mol. The summed E-state index contributed by atoms with van der Waals surface area (Å²) in [7, 11) is -1.94. The van der Waals surface area contributed by atoms with E-state index < -0.39 is 10.0 Å². The van der Waals surface area contributed by atoms with Crippen molar-refractivity contribution >= 4 is 27.3 Å². The van der Waals surface area contributed by atoms with Crippen LogP contribution >= 0.6 is 0 Å². The van der Waals surface area contributed by atoms with Crippen molar-refractivity contribution in [2.24, 2.45) is 13.0 Å². The van der Waals surface area contributed by atoms with Crippen LogP contribution in [0.5, 0.6) is 0 Å². The van der Waals surface area contributed by atoms with Crippen LogP contribution in [0.3, 0.4) is 0 Å². The van der Waals surface area contributed by atoms with Crippen molar-refractivity contribution in [2.45, 2.75) is 24.2 Å². The molecular formula is C21H21N5O3S. The lowest BCUT2D eigenvalue weighted by atomic mass is 10.2. The molecule has 1 saturated carbocycles. The maximum Gasteiger partial charge on any atom is 0.261 e. The quantitative estimate of drug-likeness (QED) is 0.680. The van der Waals surface area contributed by atoms with Gasteiger partial charge in [0, 0.05) is 36.4 Å². The second-order valence-corrected chi connectivity index (χ2v) is 9.44. The Balaban J connectivity index is 1.40. The summed E-state index contributed by atoms with van der Waals surface area (Å²) in [6.07, 6.45) is 4.16. The van der Waals surface area contributed by atoms with E-state index in [1.54, 1.807) is 52.2 Å². The highest BCUT2D eigenvalue weighted by molar-refractivity contribution is 7.92. The van der Waals surface area contributed by atoms with Gasteiger partial charge >= 0.3 is 0 Å². The van der Waals surface area contributed by atoms with Crippen LogP contribution < -0.4 is 9.62 Å². The predicted octanol–water partition coefficient (Wildman–Crippen LogP) is 2.58. The van der Waals surface area contributed by atoms with E-state index in [9.17, 15) is 13.2 Å². The normalized spacial score (nSPS) is 15.8. The van der Waals surface area contributed by atoms with E-state index in [0.29, 0.717) is 24.5 Å². The number of amides is 1.